The largest absolute Gasteiger partial charge is 0.418 e. The normalized spacial score (nSPS) is 11.3. The summed E-state index contributed by atoms with van der Waals surface area (Å²) in [4.78, 5) is 8.16. The van der Waals surface area contributed by atoms with E-state index in [1.165, 1.54) is 30.3 Å². The third-order valence-corrected chi connectivity index (χ3v) is 3.53. The topological polar surface area (TPSA) is 49.8 Å². The number of aromatic nitrogens is 2. The van der Waals surface area contributed by atoms with Gasteiger partial charge in [0.25, 0.3) is 0 Å². The lowest BCUT2D eigenvalue weighted by molar-refractivity contribution is -0.136. The van der Waals surface area contributed by atoms with Crippen LogP contribution in [0.5, 0.6) is 0 Å². The molecular formula is C18H13F5N4. The fourth-order valence-electron chi connectivity index (χ4n) is 2.39. The summed E-state index contributed by atoms with van der Waals surface area (Å²) in [5.74, 6) is -1.44. The molecule has 3 aromatic rings. The van der Waals surface area contributed by atoms with Crippen molar-refractivity contribution in [3.63, 3.8) is 0 Å². The van der Waals surface area contributed by atoms with Crippen LogP contribution >= 0.6 is 0 Å². The predicted octanol–water partition coefficient (Wildman–Crippen LogP) is 5.57. The van der Waals surface area contributed by atoms with Gasteiger partial charge >= 0.3 is 6.18 Å². The SMILES string of the molecule is Cc1nc(Nc2ccc(F)c(F)c2)cc(Nc2ccccc2C(F)(F)F)n1. The maximum atomic E-state index is 13.3. The molecule has 3 rings (SSSR count). The lowest BCUT2D eigenvalue weighted by atomic mass is 10.1. The maximum absolute atomic E-state index is 13.3. The second-order valence-electron chi connectivity index (χ2n) is 5.61. The van der Waals surface area contributed by atoms with E-state index in [9.17, 15) is 22.0 Å². The van der Waals surface area contributed by atoms with E-state index in [1.54, 1.807) is 6.92 Å². The molecule has 0 atom stereocenters. The maximum Gasteiger partial charge on any atom is 0.418 e. The van der Waals surface area contributed by atoms with Crippen LogP contribution in [-0.2, 0) is 6.18 Å². The fourth-order valence-corrected chi connectivity index (χ4v) is 2.39. The van der Waals surface area contributed by atoms with Gasteiger partial charge in [0, 0.05) is 17.8 Å². The lowest BCUT2D eigenvalue weighted by Gasteiger charge is -2.15. The number of alkyl halides is 3. The highest BCUT2D eigenvalue weighted by atomic mass is 19.4. The van der Waals surface area contributed by atoms with E-state index < -0.39 is 23.4 Å². The van der Waals surface area contributed by atoms with Crippen LogP contribution in [0, 0.1) is 18.6 Å². The molecule has 0 radical (unpaired) electrons. The number of aryl methyl sites for hydroxylation is 1. The highest BCUT2D eigenvalue weighted by Gasteiger charge is 2.33. The standard InChI is InChI=1S/C18H13F5N4/c1-10-24-16(26-11-6-7-13(19)14(20)8-11)9-17(25-10)27-15-5-3-2-4-12(15)18(21,22)23/h2-9H,1H3,(H2,24,25,26,27). The van der Waals surface area contributed by atoms with Crippen LogP contribution in [0.1, 0.15) is 11.4 Å². The van der Waals surface area contributed by atoms with Crippen molar-refractivity contribution in [3.05, 3.63) is 71.6 Å². The van der Waals surface area contributed by atoms with Crippen LogP contribution in [0.2, 0.25) is 0 Å². The number of halogens is 5. The first-order valence-electron chi connectivity index (χ1n) is 7.73. The number of rotatable bonds is 4. The Morgan fingerprint density at radius 3 is 2.15 bits per heavy atom. The molecule has 0 saturated carbocycles. The first kappa shape index (κ1) is 18.6. The summed E-state index contributed by atoms with van der Waals surface area (Å²) in [5, 5.41) is 5.39. The van der Waals surface area contributed by atoms with E-state index in [1.807, 2.05) is 0 Å². The summed E-state index contributed by atoms with van der Waals surface area (Å²) < 4.78 is 65.7. The molecule has 2 N–H and O–H groups in total. The molecule has 1 aromatic heterocycles. The number of nitrogens with zero attached hydrogens (tertiary/aromatic N) is 2. The quantitative estimate of drug-likeness (QED) is 0.581. The van der Waals surface area contributed by atoms with Crippen molar-refractivity contribution in [1.29, 1.82) is 0 Å². The molecule has 0 amide bonds. The van der Waals surface area contributed by atoms with Gasteiger partial charge < -0.3 is 10.6 Å². The van der Waals surface area contributed by atoms with Crippen molar-refractivity contribution in [3.8, 4) is 0 Å². The average Bonchev–Trinajstić information content (AvgIpc) is 2.57. The molecule has 4 nitrogen and oxygen atoms in total. The Labute approximate surface area is 151 Å². The third kappa shape index (κ3) is 4.49. The van der Waals surface area contributed by atoms with Gasteiger partial charge in [0.2, 0.25) is 0 Å². The average molecular weight is 380 g/mol. The number of hydrogen-bond donors (Lipinski definition) is 2. The monoisotopic (exact) mass is 380 g/mol. The molecule has 0 fully saturated rings. The number of benzene rings is 2. The van der Waals surface area contributed by atoms with Gasteiger partial charge in [0.15, 0.2) is 11.6 Å². The van der Waals surface area contributed by atoms with Gasteiger partial charge in [0.1, 0.15) is 17.5 Å². The molecule has 27 heavy (non-hydrogen) atoms. The van der Waals surface area contributed by atoms with Gasteiger partial charge in [-0.1, -0.05) is 12.1 Å². The van der Waals surface area contributed by atoms with Gasteiger partial charge in [-0.25, -0.2) is 18.7 Å². The first-order chi connectivity index (χ1) is 12.7. The number of nitrogens with one attached hydrogen (secondary N) is 2. The van der Waals surface area contributed by atoms with Crippen LogP contribution in [0.4, 0.5) is 45.0 Å². The zero-order chi connectivity index (χ0) is 19.6. The van der Waals surface area contributed by atoms with E-state index >= 15 is 0 Å². The minimum Gasteiger partial charge on any atom is -0.340 e. The van der Waals surface area contributed by atoms with Crippen LogP contribution in [0.15, 0.2) is 48.5 Å². The fraction of sp³-hybridized carbons (Fsp3) is 0.111. The Kier molecular flexibility index (Phi) is 4.93. The van der Waals surface area contributed by atoms with E-state index in [0.29, 0.717) is 0 Å². The van der Waals surface area contributed by atoms with Gasteiger partial charge in [-0.2, -0.15) is 13.2 Å². The molecule has 1 heterocycles. The minimum atomic E-state index is -4.53. The summed E-state index contributed by atoms with van der Waals surface area (Å²) in [7, 11) is 0. The van der Waals surface area contributed by atoms with E-state index in [-0.39, 0.29) is 28.8 Å². The van der Waals surface area contributed by atoms with Gasteiger partial charge in [0.05, 0.1) is 11.3 Å². The predicted molar refractivity (Wildman–Crippen MR) is 91.1 cm³/mol. The van der Waals surface area contributed by atoms with Crippen LogP contribution < -0.4 is 10.6 Å². The Bertz CT molecular complexity index is 972. The summed E-state index contributed by atoms with van der Waals surface area (Å²) >= 11 is 0. The van der Waals surface area contributed by atoms with Crippen molar-refractivity contribution in [2.24, 2.45) is 0 Å². The Hall–Kier alpha value is -3.23. The van der Waals surface area contributed by atoms with Gasteiger partial charge in [-0.3, -0.25) is 0 Å². The molecule has 0 aliphatic rings. The van der Waals surface area contributed by atoms with Crippen molar-refractivity contribution in [1.82, 2.24) is 9.97 Å². The van der Waals surface area contributed by atoms with E-state index in [2.05, 4.69) is 20.6 Å². The molecule has 2 aromatic carbocycles. The highest BCUT2D eigenvalue weighted by molar-refractivity contribution is 5.65. The van der Waals surface area contributed by atoms with E-state index in [0.717, 1.165) is 18.2 Å². The molecule has 140 valence electrons. The van der Waals surface area contributed by atoms with Crippen LogP contribution in [0.25, 0.3) is 0 Å². The molecular weight excluding hydrogens is 367 g/mol. The van der Waals surface area contributed by atoms with Crippen LogP contribution in [0.3, 0.4) is 0 Å². The van der Waals surface area contributed by atoms with Crippen molar-refractivity contribution in [2.45, 2.75) is 13.1 Å². The second-order valence-corrected chi connectivity index (χ2v) is 5.61. The van der Waals surface area contributed by atoms with Crippen molar-refractivity contribution in [2.75, 3.05) is 10.6 Å². The number of anilines is 4. The molecule has 0 aliphatic heterocycles. The summed E-state index contributed by atoms with van der Waals surface area (Å²) in [6.45, 7) is 1.55. The summed E-state index contributed by atoms with van der Waals surface area (Å²) in [6, 6.07) is 9.55. The summed E-state index contributed by atoms with van der Waals surface area (Å²) in [5.41, 5.74) is -0.771. The van der Waals surface area contributed by atoms with Gasteiger partial charge in [-0.05, 0) is 31.2 Å². The molecule has 9 heteroatoms. The van der Waals surface area contributed by atoms with Gasteiger partial charge in [-0.15, -0.1) is 0 Å². The Morgan fingerprint density at radius 1 is 0.815 bits per heavy atom. The number of para-hydroxylation sites is 1. The molecule has 0 aliphatic carbocycles. The molecule has 0 spiro atoms. The molecule has 0 saturated heterocycles. The zero-order valence-corrected chi connectivity index (χ0v) is 13.9. The number of hydrogen-bond acceptors (Lipinski definition) is 4. The highest BCUT2D eigenvalue weighted by Crippen LogP contribution is 2.35. The molecule has 0 bridgehead atoms. The van der Waals surface area contributed by atoms with E-state index in [4.69, 9.17) is 0 Å². The van der Waals surface area contributed by atoms with Crippen molar-refractivity contribution >= 4 is 23.0 Å². The second kappa shape index (κ2) is 7.18. The molecule has 0 unspecified atom stereocenters. The summed E-state index contributed by atoms with van der Waals surface area (Å²) in [6.07, 6.45) is -4.53. The lowest BCUT2D eigenvalue weighted by Crippen LogP contribution is -2.09. The zero-order valence-electron chi connectivity index (χ0n) is 13.9. The minimum absolute atomic E-state index is 0.115. The smallest absolute Gasteiger partial charge is 0.340 e. The van der Waals surface area contributed by atoms with Crippen LogP contribution in [-0.4, -0.2) is 9.97 Å². The first-order valence-corrected chi connectivity index (χ1v) is 7.73. The Morgan fingerprint density at radius 2 is 1.48 bits per heavy atom. The Balaban J connectivity index is 1.89. The third-order valence-electron chi connectivity index (χ3n) is 3.53. The van der Waals surface area contributed by atoms with Crippen molar-refractivity contribution < 1.29 is 22.0 Å².